The third-order valence-corrected chi connectivity index (χ3v) is 2.28. The Hall–Kier alpha value is -0.810. The van der Waals surface area contributed by atoms with Crippen LogP contribution in [-0.2, 0) is 4.84 Å². The topological polar surface area (TPSA) is 81.6 Å². The second kappa shape index (κ2) is 4.27. The van der Waals surface area contributed by atoms with E-state index in [2.05, 4.69) is 4.84 Å². The summed E-state index contributed by atoms with van der Waals surface area (Å²) in [6.07, 6.45) is 4.72. The van der Waals surface area contributed by atoms with Crippen LogP contribution in [0.25, 0.3) is 0 Å². The maximum atomic E-state index is 10.9. The van der Waals surface area contributed by atoms with Crippen LogP contribution in [0.2, 0.25) is 0 Å². The van der Waals surface area contributed by atoms with E-state index in [-0.39, 0.29) is 6.04 Å². The number of amides is 1. The number of hydrazine groups is 1. The van der Waals surface area contributed by atoms with Crippen LogP contribution in [0.1, 0.15) is 32.1 Å². The van der Waals surface area contributed by atoms with Crippen LogP contribution >= 0.6 is 0 Å². The van der Waals surface area contributed by atoms with Gasteiger partial charge in [-0.15, -0.1) is 0 Å². The average Bonchev–Trinajstić information content (AvgIpc) is 2.17. The smallest absolute Gasteiger partial charge is 0.356 e. The Bertz CT molecular complexity index is 157. The minimum Gasteiger partial charge on any atom is -0.356 e. The summed E-state index contributed by atoms with van der Waals surface area (Å²) in [7, 11) is 0. The van der Waals surface area contributed by atoms with Crippen molar-refractivity contribution in [1.82, 2.24) is 5.01 Å². The van der Waals surface area contributed by atoms with Gasteiger partial charge in [-0.05, 0) is 12.8 Å². The minimum absolute atomic E-state index is 0.106. The molecule has 5 heteroatoms. The van der Waals surface area contributed by atoms with Crippen LogP contribution in [0.3, 0.4) is 0 Å². The summed E-state index contributed by atoms with van der Waals surface area (Å²) >= 11 is 0. The largest absolute Gasteiger partial charge is 0.443 e. The van der Waals surface area contributed by atoms with Crippen LogP contribution in [0.15, 0.2) is 0 Å². The molecule has 0 saturated heterocycles. The maximum absolute atomic E-state index is 10.9. The van der Waals surface area contributed by atoms with Gasteiger partial charge in [0.25, 0.3) is 0 Å². The number of carbonyl (C=O) groups is 1. The maximum Gasteiger partial charge on any atom is 0.443 e. The van der Waals surface area contributed by atoms with Crippen molar-refractivity contribution in [3.05, 3.63) is 0 Å². The van der Waals surface area contributed by atoms with Gasteiger partial charge in [-0.2, -0.15) is 5.90 Å². The van der Waals surface area contributed by atoms with Gasteiger partial charge in [-0.25, -0.2) is 15.6 Å². The highest BCUT2D eigenvalue weighted by atomic mass is 16.7. The van der Waals surface area contributed by atoms with E-state index in [9.17, 15) is 4.79 Å². The second-order valence-corrected chi connectivity index (χ2v) is 3.08. The molecular weight excluding hydrogens is 158 g/mol. The highest BCUT2D eigenvalue weighted by Crippen LogP contribution is 2.20. The SMILES string of the molecule is NOC(=O)N(N)C1CCCCC1. The summed E-state index contributed by atoms with van der Waals surface area (Å²) in [4.78, 5) is 14.9. The molecule has 1 rings (SSSR count). The van der Waals surface area contributed by atoms with Gasteiger partial charge in [0, 0.05) is 0 Å². The zero-order valence-corrected chi connectivity index (χ0v) is 7.03. The van der Waals surface area contributed by atoms with E-state index in [0.29, 0.717) is 0 Å². The van der Waals surface area contributed by atoms with Gasteiger partial charge in [-0.3, -0.25) is 0 Å². The number of carbonyl (C=O) groups excluding carboxylic acids is 1. The number of nitrogens with zero attached hydrogens (tertiary/aromatic N) is 1. The third kappa shape index (κ3) is 2.09. The Morgan fingerprint density at radius 3 is 2.42 bits per heavy atom. The molecule has 5 nitrogen and oxygen atoms in total. The van der Waals surface area contributed by atoms with Gasteiger partial charge >= 0.3 is 6.09 Å². The normalized spacial score (nSPS) is 18.8. The van der Waals surface area contributed by atoms with E-state index in [0.717, 1.165) is 30.7 Å². The van der Waals surface area contributed by atoms with Gasteiger partial charge in [0.1, 0.15) is 0 Å². The van der Waals surface area contributed by atoms with Gasteiger partial charge < -0.3 is 4.84 Å². The zero-order valence-electron chi connectivity index (χ0n) is 7.03. The molecule has 4 N–H and O–H groups in total. The summed E-state index contributed by atoms with van der Waals surface area (Å²) in [5.41, 5.74) is 0. The van der Waals surface area contributed by atoms with Crippen molar-refractivity contribution >= 4 is 6.09 Å². The summed E-state index contributed by atoms with van der Waals surface area (Å²) in [6, 6.07) is 0.106. The van der Waals surface area contributed by atoms with Crippen molar-refractivity contribution in [2.75, 3.05) is 0 Å². The molecule has 0 heterocycles. The monoisotopic (exact) mass is 173 g/mol. The molecule has 0 aliphatic heterocycles. The van der Waals surface area contributed by atoms with Gasteiger partial charge in [0.15, 0.2) is 0 Å². The molecule has 0 bridgehead atoms. The predicted octanol–water partition coefficient (Wildman–Crippen LogP) is 0.505. The first-order chi connectivity index (χ1) is 5.75. The van der Waals surface area contributed by atoms with Crippen molar-refractivity contribution in [3.8, 4) is 0 Å². The number of hydrogen-bond donors (Lipinski definition) is 2. The first-order valence-electron chi connectivity index (χ1n) is 4.20. The summed E-state index contributed by atoms with van der Waals surface area (Å²) in [5.74, 6) is 10.2. The lowest BCUT2D eigenvalue weighted by atomic mass is 9.95. The molecule has 0 unspecified atom stereocenters. The lowest BCUT2D eigenvalue weighted by Crippen LogP contribution is -2.47. The van der Waals surface area contributed by atoms with E-state index >= 15 is 0 Å². The Morgan fingerprint density at radius 1 is 1.33 bits per heavy atom. The van der Waals surface area contributed by atoms with E-state index in [4.69, 9.17) is 11.7 Å². The fourth-order valence-corrected chi connectivity index (χ4v) is 1.57. The Morgan fingerprint density at radius 2 is 1.92 bits per heavy atom. The molecule has 0 radical (unpaired) electrons. The molecule has 70 valence electrons. The van der Waals surface area contributed by atoms with E-state index < -0.39 is 6.09 Å². The molecule has 0 aromatic heterocycles. The standard InChI is InChI=1S/C7H15N3O2/c8-10(7(11)12-9)6-4-2-1-3-5-6/h6H,1-5,8-9H2. The van der Waals surface area contributed by atoms with Crippen LogP contribution in [0.4, 0.5) is 4.79 Å². The molecule has 1 aliphatic carbocycles. The van der Waals surface area contributed by atoms with E-state index in [1.165, 1.54) is 6.42 Å². The lowest BCUT2D eigenvalue weighted by Gasteiger charge is -2.28. The van der Waals surface area contributed by atoms with Crippen molar-refractivity contribution in [2.45, 2.75) is 38.1 Å². The lowest BCUT2D eigenvalue weighted by molar-refractivity contribution is 0.0772. The molecule has 0 atom stereocenters. The Kier molecular flexibility index (Phi) is 3.31. The van der Waals surface area contributed by atoms with Crippen LogP contribution < -0.4 is 11.7 Å². The first-order valence-corrected chi connectivity index (χ1v) is 4.20. The molecule has 0 spiro atoms. The Labute approximate surface area is 71.6 Å². The van der Waals surface area contributed by atoms with Crippen molar-refractivity contribution < 1.29 is 9.63 Å². The minimum atomic E-state index is -0.651. The predicted molar refractivity (Wildman–Crippen MR) is 43.6 cm³/mol. The quantitative estimate of drug-likeness (QED) is 0.344. The van der Waals surface area contributed by atoms with Crippen molar-refractivity contribution in [2.24, 2.45) is 11.7 Å². The van der Waals surface area contributed by atoms with Crippen LogP contribution in [-0.4, -0.2) is 17.1 Å². The van der Waals surface area contributed by atoms with Gasteiger partial charge in [-0.1, -0.05) is 19.3 Å². The van der Waals surface area contributed by atoms with Gasteiger partial charge in [0.05, 0.1) is 6.04 Å². The highest BCUT2D eigenvalue weighted by Gasteiger charge is 2.23. The fraction of sp³-hybridized carbons (Fsp3) is 0.857. The number of hydrogen-bond acceptors (Lipinski definition) is 4. The summed E-state index contributed by atoms with van der Waals surface area (Å²) < 4.78 is 0. The molecule has 1 fully saturated rings. The van der Waals surface area contributed by atoms with E-state index in [1.807, 2.05) is 0 Å². The van der Waals surface area contributed by atoms with Gasteiger partial charge in [0.2, 0.25) is 0 Å². The molecule has 0 aromatic carbocycles. The fourth-order valence-electron chi connectivity index (χ4n) is 1.57. The van der Waals surface area contributed by atoms with Crippen LogP contribution in [0, 0.1) is 0 Å². The Balaban J connectivity index is 2.39. The second-order valence-electron chi connectivity index (χ2n) is 3.08. The zero-order chi connectivity index (χ0) is 8.97. The molecule has 12 heavy (non-hydrogen) atoms. The van der Waals surface area contributed by atoms with Crippen molar-refractivity contribution in [1.29, 1.82) is 0 Å². The van der Waals surface area contributed by atoms with Crippen molar-refractivity contribution in [3.63, 3.8) is 0 Å². The molecule has 0 aromatic rings. The highest BCUT2D eigenvalue weighted by molar-refractivity contribution is 5.66. The average molecular weight is 173 g/mol. The molecule has 1 saturated carbocycles. The number of rotatable bonds is 1. The molecular formula is C7H15N3O2. The summed E-state index contributed by atoms with van der Waals surface area (Å²) in [5, 5.41) is 1.10. The van der Waals surface area contributed by atoms with E-state index in [1.54, 1.807) is 0 Å². The molecule has 1 aliphatic rings. The molecule has 1 amide bonds. The third-order valence-electron chi connectivity index (χ3n) is 2.28. The number of nitrogens with two attached hydrogens (primary N) is 2. The summed E-state index contributed by atoms with van der Waals surface area (Å²) in [6.45, 7) is 0. The van der Waals surface area contributed by atoms with Crippen LogP contribution in [0.5, 0.6) is 0 Å². The first kappa shape index (κ1) is 9.28.